The van der Waals surface area contributed by atoms with Gasteiger partial charge in [0.25, 0.3) is 0 Å². The van der Waals surface area contributed by atoms with Crippen LogP contribution < -0.4 is 0 Å². The second kappa shape index (κ2) is 9.52. The summed E-state index contributed by atoms with van der Waals surface area (Å²) in [6.45, 7) is 2.05. The maximum absolute atomic E-state index is 10.7. The highest BCUT2D eigenvalue weighted by Crippen LogP contribution is 2.27. The number of hydrogen-bond acceptors (Lipinski definition) is 3. The summed E-state index contributed by atoms with van der Waals surface area (Å²) in [6, 6.07) is 17.6. The van der Waals surface area contributed by atoms with Gasteiger partial charge in [0.15, 0.2) is 0 Å². The second-order valence-electron chi connectivity index (χ2n) is 7.36. The molecule has 0 radical (unpaired) electrons. The van der Waals surface area contributed by atoms with Crippen molar-refractivity contribution in [2.24, 2.45) is 5.92 Å². The first kappa shape index (κ1) is 19.4. The van der Waals surface area contributed by atoms with E-state index in [0.29, 0.717) is 13.1 Å². The van der Waals surface area contributed by atoms with Gasteiger partial charge in [-0.15, -0.1) is 0 Å². The molecule has 0 bridgehead atoms. The first-order valence-electron chi connectivity index (χ1n) is 9.49. The van der Waals surface area contributed by atoms with E-state index in [2.05, 4.69) is 11.0 Å². The summed E-state index contributed by atoms with van der Waals surface area (Å²) in [4.78, 5) is 2.25. The van der Waals surface area contributed by atoms with E-state index in [1.807, 2.05) is 48.5 Å². The summed E-state index contributed by atoms with van der Waals surface area (Å²) >= 11 is 6.14. The van der Waals surface area contributed by atoms with Crippen molar-refractivity contribution in [2.45, 2.75) is 44.4 Å². The zero-order valence-corrected chi connectivity index (χ0v) is 15.9. The van der Waals surface area contributed by atoms with Gasteiger partial charge in [-0.2, -0.15) is 0 Å². The monoisotopic (exact) mass is 373 g/mol. The van der Waals surface area contributed by atoms with Gasteiger partial charge in [0.05, 0.1) is 12.2 Å². The maximum atomic E-state index is 10.7. The van der Waals surface area contributed by atoms with E-state index in [9.17, 15) is 10.2 Å². The van der Waals surface area contributed by atoms with Crippen LogP contribution in [0.5, 0.6) is 0 Å². The number of halogens is 1. The Balaban J connectivity index is 1.71. The summed E-state index contributed by atoms with van der Waals surface area (Å²) in [5.74, 6) is 0.269. The fraction of sp³-hybridized carbons (Fsp3) is 0.455. The Hall–Kier alpha value is -1.39. The zero-order valence-electron chi connectivity index (χ0n) is 15.1. The molecule has 2 N–H and O–H groups in total. The molecule has 2 aromatic carbocycles. The molecule has 2 aromatic rings. The number of hydrogen-bond donors (Lipinski definition) is 2. The standard InChI is InChI=1S/C22H28ClNO2/c23-20-11-6-7-17(13-20)14-24(15-19-10-4-5-12-21(19)25)16-22(26)18-8-2-1-3-9-18/h1-3,6-9,11,13,19,21-22,25-26H,4-5,10,12,14-16H2. The zero-order chi connectivity index (χ0) is 18.4. The number of aliphatic hydroxyl groups is 2. The van der Waals surface area contributed by atoms with Crippen LogP contribution in [0.4, 0.5) is 0 Å². The van der Waals surface area contributed by atoms with Crippen molar-refractivity contribution >= 4 is 11.6 Å². The van der Waals surface area contributed by atoms with Crippen molar-refractivity contribution in [1.29, 1.82) is 0 Å². The van der Waals surface area contributed by atoms with Gasteiger partial charge in [-0.3, -0.25) is 4.90 Å². The van der Waals surface area contributed by atoms with Crippen LogP contribution in [0.1, 0.15) is 42.9 Å². The highest BCUT2D eigenvalue weighted by atomic mass is 35.5. The summed E-state index contributed by atoms with van der Waals surface area (Å²) in [7, 11) is 0. The third-order valence-corrected chi connectivity index (χ3v) is 5.51. The van der Waals surface area contributed by atoms with Gasteiger partial charge in [0.2, 0.25) is 0 Å². The van der Waals surface area contributed by atoms with Gasteiger partial charge < -0.3 is 10.2 Å². The third kappa shape index (κ3) is 5.55. The van der Waals surface area contributed by atoms with Crippen LogP contribution in [0.25, 0.3) is 0 Å². The Kier molecular flexibility index (Phi) is 7.09. The molecule has 1 fully saturated rings. The average molecular weight is 374 g/mol. The van der Waals surface area contributed by atoms with Gasteiger partial charge in [0.1, 0.15) is 0 Å². The Labute approximate surface area is 161 Å². The molecule has 0 aliphatic heterocycles. The van der Waals surface area contributed by atoms with Crippen molar-refractivity contribution < 1.29 is 10.2 Å². The molecule has 0 heterocycles. The largest absolute Gasteiger partial charge is 0.393 e. The van der Waals surface area contributed by atoms with Crippen LogP contribution in [0, 0.1) is 5.92 Å². The van der Waals surface area contributed by atoms with Crippen LogP contribution >= 0.6 is 11.6 Å². The molecule has 26 heavy (non-hydrogen) atoms. The molecule has 1 aliphatic carbocycles. The third-order valence-electron chi connectivity index (χ3n) is 5.27. The molecule has 3 rings (SSSR count). The molecule has 4 heteroatoms. The predicted octanol–water partition coefficient (Wildman–Crippen LogP) is 4.43. The summed E-state index contributed by atoms with van der Waals surface area (Å²) in [6.07, 6.45) is 3.44. The highest BCUT2D eigenvalue weighted by molar-refractivity contribution is 6.30. The fourth-order valence-electron chi connectivity index (χ4n) is 3.86. The normalized spacial score (nSPS) is 21.7. The van der Waals surface area contributed by atoms with Crippen LogP contribution in [-0.4, -0.2) is 34.3 Å². The molecule has 1 saturated carbocycles. The lowest BCUT2D eigenvalue weighted by molar-refractivity contribution is 0.0300. The molecule has 0 amide bonds. The van der Waals surface area contributed by atoms with Crippen molar-refractivity contribution in [1.82, 2.24) is 4.90 Å². The average Bonchev–Trinajstić information content (AvgIpc) is 2.64. The minimum absolute atomic E-state index is 0.237. The van der Waals surface area contributed by atoms with Crippen molar-refractivity contribution in [3.8, 4) is 0 Å². The fourth-order valence-corrected chi connectivity index (χ4v) is 4.07. The quantitative estimate of drug-likeness (QED) is 0.754. The van der Waals surface area contributed by atoms with E-state index >= 15 is 0 Å². The molecular formula is C22H28ClNO2. The van der Waals surface area contributed by atoms with E-state index < -0.39 is 6.10 Å². The first-order valence-corrected chi connectivity index (χ1v) is 9.87. The Morgan fingerprint density at radius 1 is 1.04 bits per heavy atom. The van der Waals surface area contributed by atoms with E-state index in [-0.39, 0.29) is 12.0 Å². The second-order valence-corrected chi connectivity index (χ2v) is 7.80. The molecule has 0 spiro atoms. The molecule has 0 saturated heterocycles. The Morgan fingerprint density at radius 3 is 2.54 bits per heavy atom. The van der Waals surface area contributed by atoms with E-state index in [1.165, 1.54) is 6.42 Å². The summed E-state index contributed by atoms with van der Waals surface area (Å²) in [5.41, 5.74) is 2.05. The number of nitrogens with zero attached hydrogens (tertiary/aromatic N) is 1. The minimum Gasteiger partial charge on any atom is -0.393 e. The van der Waals surface area contributed by atoms with E-state index in [4.69, 9.17) is 11.6 Å². The highest BCUT2D eigenvalue weighted by Gasteiger charge is 2.26. The first-order chi connectivity index (χ1) is 12.6. The Bertz CT molecular complexity index is 679. The smallest absolute Gasteiger partial charge is 0.0917 e. The van der Waals surface area contributed by atoms with Crippen LogP contribution in [-0.2, 0) is 6.54 Å². The number of benzene rings is 2. The van der Waals surface area contributed by atoms with Gasteiger partial charge in [0, 0.05) is 24.7 Å². The van der Waals surface area contributed by atoms with Crippen LogP contribution in [0.2, 0.25) is 5.02 Å². The lowest BCUT2D eigenvalue weighted by Gasteiger charge is -2.34. The van der Waals surface area contributed by atoms with E-state index in [0.717, 1.165) is 42.0 Å². The molecule has 3 unspecified atom stereocenters. The molecule has 0 aromatic heterocycles. The van der Waals surface area contributed by atoms with Crippen LogP contribution in [0.3, 0.4) is 0 Å². The number of aliphatic hydroxyl groups excluding tert-OH is 2. The van der Waals surface area contributed by atoms with Gasteiger partial charge >= 0.3 is 0 Å². The summed E-state index contributed by atoms with van der Waals surface area (Å²) < 4.78 is 0. The minimum atomic E-state index is -0.545. The van der Waals surface area contributed by atoms with Crippen molar-refractivity contribution in [3.05, 3.63) is 70.7 Å². The van der Waals surface area contributed by atoms with E-state index in [1.54, 1.807) is 0 Å². The topological polar surface area (TPSA) is 43.7 Å². The summed E-state index contributed by atoms with van der Waals surface area (Å²) in [5, 5.41) is 21.8. The molecule has 3 atom stereocenters. The molecular weight excluding hydrogens is 346 g/mol. The lowest BCUT2D eigenvalue weighted by Crippen LogP contribution is -2.38. The van der Waals surface area contributed by atoms with Crippen molar-refractivity contribution in [3.63, 3.8) is 0 Å². The van der Waals surface area contributed by atoms with Crippen molar-refractivity contribution in [2.75, 3.05) is 13.1 Å². The predicted molar refractivity (Wildman–Crippen MR) is 106 cm³/mol. The van der Waals surface area contributed by atoms with Gasteiger partial charge in [-0.1, -0.05) is 66.9 Å². The number of rotatable bonds is 7. The SMILES string of the molecule is OC(CN(Cc1cccc(Cl)c1)CC1CCCCC1O)c1ccccc1. The molecule has 3 nitrogen and oxygen atoms in total. The van der Waals surface area contributed by atoms with Gasteiger partial charge in [-0.25, -0.2) is 0 Å². The maximum Gasteiger partial charge on any atom is 0.0917 e. The lowest BCUT2D eigenvalue weighted by atomic mass is 9.86. The van der Waals surface area contributed by atoms with Crippen LogP contribution in [0.15, 0.2) is 54.6 Å². The van der Waals surface area contributed by atoms with Gasteiger partial charge in [-0.05, 0) is 42.0 Å². The Morgan fingerprint density at radius 2 is 1.81 bits per heavy atom. The molecule has 140 valence electrons. The molecule has 1 aliphatic rings.